The summed E-state index contributed by atoms with van der Waals surface area (Å²) < 4.78 is 0. The van der Waals surface area contributed by atoms with Gasteiger partial charge in [-0.3, -0.25) is 4.90 Å². The Labute approximate surface area is 106 Å². The molecule has 1 aliphatic heterocycles. The largest absolute Gasteiger partial charge is 0.329 e. The third-order valence-corrected chi connectivity index (χ3v) is 5.18. The molecule has 3 nitrogen and oxygen atoms in total. The first kappa shape index (κ1) is 13.3. The number of hydrogen-bond acceptors (Lipinski definition) is 3. The van der Waals surface area contributed by atoms with Crippen molar-refractivity contribution < 1.29 is 0 Å². The molecule has 1 aliphatic carbocycles. The highest BCUT2D eigenvalue weighted by atomic mass is 15.3. The Morgan fingerprint density at radius 2 is 1.94 bits per heavy atom. The molecule has 2 aliphatic rings. The summed E-state index contributed by atoms with van der Waals surface area (Å²) in [6.07, 6.45) is 6.76. The van der Waals surface area contributed by atoms with Gasteiger partial charge < -0.3 is 10.6 Å². The average molecular weight is 239 g/mol. The quantitative estimate of drug-likeness (QED) is 0.811. The zero-order valence-electron chi connectivity index (χ0n) is 11.8. The van der Waals surface area contributed by atoms with E-state index in [1.807, 2.05) is 0 Å². The molecular weight excluding hydrogens is 210 g/mol. The molecule has 100 valence electrons. The Morgan fingerprint density at radius 1 is 1.29 bits per heavy atom. The number of likely N-dealkylation sites (tertiary alicyclic amines) is 1. The Morgan fingerprint density at radius 3 is 2.41 bits per heavy atom. The molecule has 0 spiro atoms. The molecule has 0 aromatic heterocycles. The van der Waals surface area contributed by atoms with Crippen molar-refractivity contribution in [3.63, 3.8) is 0 Å². The van der Waals surface area contributed by atoms with Gasteiger partial charge in [0.05, 0.1) is 0 Å². The summed E-state index contributed by atoms with van der Waals surface area (Å²) in [5.74, 6) is 0.930. The van der Waals surface area contributed by atoms with E-state index in [0.29, 0.717) is 0 Å². The van der Waals surface area contributed by atoms with Crippen LogP contribution in [0.4, 0.5) is 0 Å². The van der Waals surface area contributed by atoms with Crippen LogP contribution in [0.15, 0.2) is 0 Å². The van der Waals surface area contributed by atoms with Crippen LogP contribution in [0.2, 0.25) is 0 Å². The van der Waals surface area contributed by atoms with E-state index in [4.69, 9.17) is 5.73 Å². The van der Waals surface area contributed by atoms with Gasteiger partial charge in [0.1, 0.15) is 0 Å². The van der Waals surface area contributed by atoms with Crippen molar-refractivity contribution in [3.8, 4) is 0 Å². The second-order valence-electron chi connectivity index (χ2n) is 6.44. The molecule has 17 heavy (non-hydrogen) atoms. The van der Waals surface area contributed by atoms with Crippen LogP contribution in [0.3, 0.4) is 0 Å². The maximum Gasteiger partial charge on any atom is 0.0470 e. The molecule has 0 bridgehead atoms. The van der Waals surface area contributed by atoms with E-state index in [0.717, 1.165) is 25.0 Å². The van der Waals surface area contributed by atoms with Crippen LogP contribution in [-0.4, -0.2) is 55.1 Å². The zero-order valence-corrected chi connectivity index (χ0v) is 11.8. The summed E-state index contributed by atoms with van der Waals surface area (Å²) in [7, 11) is 4.53. The van der Waals surface area contributed by atoms with Gasteiger partial charge in [-0.1, -0.05) is 6.92 Å². The van der Waals surface area contributed by atoms with Gasteiger partial charge in [-0.2, -0.15) is 0 Å². The van der Waals surface area contributed by atoms with E-state index in [2.05, 4.69) is 30.8 Å². The van der Waals surface area contributed by atoms with Gasteiger partial charge in [0.15, 0.2) is 0 Å². The molecule has 1 unspecified atom stereocenters. The highest BCUT2D eigenvalue weighted by Crippen LogP contribution is 2.33. The van der Waals surface area contributed by atoms with Crippen molar-refractivity contribution in [3.05, 3.63) is 0 Å². The Balaban J connectivity index is 2.00. The fraction of sp³-hybridized carbons (Fsp3) is 1.00. The minimum Gasteiger partial charge on any atom is -0.329 e. The third-order valence-electron chi connectivity index (χ3n) is 5.18. The standard InChI is InChI=1S/C14H29N3/c1-12-4-6-13(7-5-12)17(3)14(10-15)8-9-16(2)11-14/h12-13H,4-11,15H2,1-3H3. The van der Waals surface area contributed by atoms with Crippen LogP contribution >= 0.6 is 0 Å². The van der Waals surface area contributed by atoms with Crippen LogP contribution in [0.25, 0.3) is 0 Å². The minimum atomic E-state index is 0.250. The summed E-state index contributed by atoms with van der Waals surface area (Å²) in [5.41, 5.74) is 6.35. The lowest BCUT2D eigenvalue weighted by atomic mass is 9.84. The molecule has 0 aromatic carbocycles. The number of likely N-dealkylation sites (N-methyl/N-ethyl adjacent to an activating group) is 2. The molecule has 1 saturated heterocycles. The zero-order chi connectivity index (χ0) is 12.5. The van der Waals surface area contributed by atoms with Crippen molar-refractivity contribution >= 4 is 0 Å². The summed E-state index contributed by atoms with van der Waals surface area (Å²) in [4.78, 5) is 5.05. The maximum absolute atomic E-state index is 6.10. The molecule has 2 N–H and O–H groups in total. The van der Waals surface area contributed by atoms with Gasteiger partial charge in [-0.15, -0.1) is 0 Å². The van der Waals surface area contributed by atoms with Gasteiger partial charge >= 0.3 is 0 Å². The predicted molar refractivity (Wildman–Crippen MR) is 73.1 cm³/mol. The lowest BCUT2D eigenvalue weighted by Crippen LogP contribution is -2.57. The van der Waals surface area contributed by atoms with Gasteiger partial charge in [0.2, 0.25) is 0 Å². The first-order chi connectivity index (χ1) is 8.07. The second-order valence-corrected chi connectivity index (χ2v) is 6.44. The van der Waals surface area contributed by atoms with Gasteiger partial charge in [0.25, 0.3) is 0 Å². The van der Waals surface area contributed by atoms with Crippen molar-refractivity contribution in [1.29, 1.82) is 0 Å². The van der Waals surface area contributed by atoms with E-state index in [-0.39, 0.29) is 5.54 Å². The average Bonchev–Trinajstić information content (AvgIpc) is 2.72. The lowest BCUT2D eigenvalue weighted by molar-refractivity contribution is 0.0570. The number of hydrogen-bond donors (Lipinski definition) is 1. The molecule has 1 heterocycles. The molecule has 3 heteroatoms. The van der Waals surface area contributed by atoms with E-state index >= 15 is 0 Å². The topological polar surface area (TPSA) is 32.5 Å². The van der Waals surface area contributed by atoms with E-state index in [1.165, 1.54) is 38.6 Å². The minimum absolute atomic E-state index is 0.250. The van der Waals surface area contributed by atoms with Crippen LogP contribution in [0, 0.1) is 5.92 Å². The number of nitrogens with two attached hydrogens (primary N) is 1. The summed E-state index contributed by atoms with van der Waals surface area (Å²) in [6.45, 7) is 5.54. The molecule has 0 aromatic rings. The molecule has 1 atom stereocenters. The first-order valence-corrected chi connectivity index (χ1v) is 7.19. The van der Waals surface area contributed by atoms with E-state index < -0.39 is 0 Å². The van der Waals surface area contributed by atoms with Crippen molar-refractivity contribution in [2.75, 3.05) is 33.7 Å². The van der Waals surface area contributed by atoms with Gasteiger partial charge in [-0.25, -0.2) is 0 Å². The summed E-state index contributed by atoms with van der Waals surface area (Å²) >= 11 is 0. The van der Waals surface area contributed by atoms with E-state index in [9.17, 15) is 0 Å². The molecule has 1 saturated carbocycles. The highest BCUT2D eigenvalue weighted by molar-refractivity contribution is 5.00. The van der Waals surface area contributed by atoms with E-state index in [1.54, 1.807) is 0 Å². The molecule has 0 amide bonds. The molecule has 2 fully saturated rings. The van der Waals surface area contributed by atoms with Crippen molar-refractivity contribution in [2.24, 2.45) is 11.7 Å². The van der Waals surface area contributed by atoms with Crippen LogP contribution in [0.1, 0.15) is 39.0 Å². The summed E-state index contributed by atoms with van der Waals surface area (Å²) in [6, 6.07) is 0.765. The normalized spacial score (nSPS) is 40.1. The Hall–Kier alpha value is -0.120. The number of rotatable bonds is 3. The second kappa shape index (κ2) is 5.25. The van der Waals surface area contributed by atoms with Crippen LogP contribution in [0.5, 0.6) is 0 Å². The molecule has 0 radical (unpaired) electrons. The third kappa shape index (κ3) is 2.67. The SMILES string of the molecule is CC1CCC(N(C)C2(CN)CCN(C)C2)CC1. The van der Waals surface area contributed by atoms with Crippen molar-refractivity contribution in [1.82, 2.24) is 9.80 Å². The Bertz CT molecular complexity index is 248. The molecular formula is C14H29N3. The fourth-order valence-electron chi connectivity index (χ4n) is 3.68. The Kier molecular flexibility index (Phi) is 4.11. The lowest BCUT2D eigenvalue weighted by Gasteiger charge is -2.45. The monoisotopic (exact) mass is 239 g/mol. The smallest absolute Gasteiger partial charge is 0.0470 e. The summed E-state index contributed by atoms with van der Waals surface area (Å²) in [5, 5.41) is 0. The van der Waals surface area contributed by atoms with Crippen LogP contribution < -0.4 is 5.73 Å². The maximum atomic E-state index is 6.10. The predicted octanol–water partition coefficient (Wildman–Crippen LogP) is 1.53. The molecule has 2 rings (SSSR count). The highest BCUT2D eigenvalue weighted by Gasteiger charge is 2.42. The number of nitrogens with zero attached hydrogens (tertiary/aromatic N) is 2. The van der Waals surface area contributed by atoms with Gasteiger partial charge in [0, 0.05) is 24.7 Å². The fourth-order valence-corrected chi connectivity index (χ4v) is 3.68. The van der Waals surface area contributed by atoms with Crippen LogP contribution in [-0.2, 0) is 0 Å². The first-order valence-electron chi connectivity index (χ1n) is 7.19. The van der Waals surface area contributed by atoms with Gasteiger partial charge in [-0.05, 0) is 58.7 Å². The van der Waals surface area contributed by atoms with Crippen molar-refractivity contribution in [2.45, 2.75) is 50.6 Å².